The quantitative estimate of drug-likeness (QED) is 0.384. The minimum Gasteiger partial charge on any atom is -0.420 e. The minimum atomic E-state index is -1.44. The van der Waals surface area contributed by atoms with Gasteiger partial charge in [-0.1, -0.05) is 26.8 Å². The number of carbonyl (C=O) groups excluding carboxylic acids is 1. The number of hydrogen-bond donors (Lipinski definition) is 1. The van der Waals surface area contributed by atoms with Crippen LogP contribution in [-0.4, -0.2) is 27.9 Å². The molecule has 0 aliphatic rings. The van der Waals surface area contributed by atoms with E-state index in [1.54, 1.807) is 0 Å². The van der Waals surface area contributed by atoms with Crippen molar-refractivity contribution in [2.75, 3.05) is 13.7 Å². The molecule has 0 atom stereocenters. The van der Waals surface area contributed by atoms with Gasteiger partial charge in [-0.05, 0) is 30.6 Å². The third-order valence-electron chi connectivity index (χ3n) is 3.27. The SMILES string of the molecule is C=CC(=O)NCCCC[Si](CC)(CC)OC. The summed E-state index contributed by atoms with van der Waals surface area (Å²) < 4.78 is 5.72. The van der Waals surface area contributed by atoms with Crippen LogP contribution in [-0.2, 0) is 9.22 Å². The summed E-state index contributed by atoms with van der Waals surface area (Å²) in [4.78, 5) is 10.9. The smallest absolute Gasteiger partial charge is 0.243 e. The Balaban J connectivity index is 3.71. The molecule has 0 aromatic rings. The molecule has 0 bridgehead atoms. The van der Waals surface area contributed by atoms with Crippen LogP contribution in [0.2, 0.25) is 18.1 Å². The predicted molar refractivity (Wildman–Crippen MR) is 71.0 cm³/mol. The maximum atomic E-state index is 10.9. The van der Waals surface area contributed by atoms with Gasteiger partial charge in [0.15, 0.2) is 8.32 Å². The lowest BCUT2D eigenvalue weighted by Crippen LogP contribution is -2.35. The van der Waals surface area contributed by atoms with E-state index in [1.165, 1.54) is 24.2 Å². The van der Waals surface area contributed by atoms with E-state index in [0.717, 1.165) is 19.4 Å². The fourth-order valence-corrected chi connectivity index (χ4v) is 4.73. The highest BCUT2D eigenvalue weighted by Gasteiger charge is 2.28. The fraction of sp³-hybridized carbons (Fsp3) is 0.750. The molecule has 3 nitrogen and oxygen atoms in total. The highest BCUT2D eigenvalue weighted by atomic mass is 28.4. The first-order valence-corrected chi connectivity index (χ1v) is 8.62. The molecule has 16 heavy (non-hydrogen) atoms. The average Bonchev–Trinajstić information content (AvgIpc) is 2.34. The lowest BCUT2D eigenvalue weighted by Gasteiger charge is -2.27. The second-order valence-electron chi connectivity index (χ2n) is 4.05. The van der Waals surface area contributed by atoms with Gasteiger partial charge < -0.3 is 9.74 Å². The molecule has 4 heteroatoms. The molecular formula is C12H25NO2Si. The van der Waals surface area contributed by atoms with Crippen molar-refractivity contribution in [3.63, 3.8) is 0 Å². The molecule has 0 unspecified atom stereocenters. The Morgan fingerprint density at radius 2 is 2.00 bits per heavy atom. The Bertz CT molecular complexity index is 207. The molecular weight excluding hydrogens is 218 g/mol. The summed E-state index contributed by atoms with van der Waals surface area (Å²) in [6.45, 7) is 8.60. The van der Waals surface area contributed by atoms with Gasteiger partial charge >= 0.3 is 0 Å². The van der Waals surface area contributed by atoms with Crippen molar-refractivity contribution >= 4 is 14.2 Å². The molecule has 0 radical (unpaired) electrons. The van der Waals surface area contributed by atoms with Crippen molar-refractivity contribution < 1.29 is 9.22 Å². The van der Waals surface area contributed by atoms with E-state index in [-0.39, 0.29) is 5.91 Å². The maximum absolute atomic E-state index is 10.9. The van der Waals surface area contributed by atoms with Gasteiger partial charge in [0.05, 0.1) is 0 Å². The van der Waals surface area contributed by atoms with Gasteiger partial charge in [0.2, 0.25) is 5.91 Å². The molecule has 0 aliphatic carbocycles. The van der Waals surface area contributed by atoms with Crippen LogP contribution in [0.25, 0.3) is 0 Å². The van der Waals surface area contributed by atoms with E-state index in [9.17, 15) is 4.79 Å². The molecule has 0 spiro atoms. The molecule has 1 amide bonds. The molecule has 1 N–H and O–H groups in total. The number of unbranched alkanes of at least 4 members (excludes halogenated alkanes) is 1. The Hall–Kier alpha value is -0.613. The van der Waals surface area contributed by atoms with E-state index in [4.69, 9.17) is 4.43 Å². The van der Waals surface area contributed by atoms with Crippen molar-refractivity contribution in [2.45, 2.75) is 44.8 Å². The monoisotopic (exact) mass is 243 g/mol. The highest BCUT2D eigenvalue weighted by molar-refractivity contribution is 6.73. The summed E-state index contributed by atoms with van der Waals surface area (Å²) >= 11 is 0. The standard InChI is InChI=1S/C12H25NO2Si/c1-5-12(14)13-10-8-9-11-16(6-2,7-3)15-4/h5H,1,6-11H2,2-4H3,(H,13,14). The minimum absolute atomic E-state index is 0.0822. The van der Waals surface area contributed by atoms with E-state index in [1.807, 2.05) is 7.11 Å². The maximum Gasteiger partial charge on any atom is 0.243 e. The Labute approximate surface area is 100 Å². The van der Waals surface area contributed by atoms with Crippen LogP contribution in [0.4, 0.5) is 0 Å². The number of rotatable bonds is 9. The Kier molecular flexibility index (Phi) is 8.20. The van der Waals surface area contributed by atoms with Gasteiger partial charge in [-0.15, -0.1) is 0 Å². The zero-order chi connectivity index (χ0) is 12.4. The van der Waals surface area contributed by atoms with Crippen LogP contribution in [0.5, 0.6) is 0 Å². The molecule has 94 valence electrons. The number of nitrogens with one attached hydrogen (secondary N) is 1. The summed E-state index contributed by atoms with van der Waals surface area (Å²) in [6, 6.07) is 3.55. The first-order valence-electron chi connectivity index (χ1n) is 6.09. The third kappa shape index (κ3) is 5.46. The summed E-state index contributed by atoms with van der Waals surface area (Å²) in [7, 11) is 0.410. The van der Waals surface area contributed by atoms with Crippen LogP contribution < -0.4 is 5.32 Å². The zero-order valence-corrected chi connectivity index (χ0v) is 11.8. The summed E-state index contributed by atoms with van der Waals surface area (Å²) in [5.41, 5.74) is 0. The molecule has 0 aromatic heterocycles. The molecule has 0 aromatic carbocycles. The summed E-state index contributed by atoms with van der Waals surface area (Å²) in [6.07, 6.45) is 3.48. The third-order valence-corrected chi connectivity index (χ3v) is 7.97. The van der Waals surface area contributed by atoms with Crippen molar-refractivity contribution in [3.8, 4) is 0 Å². The Morgan fingerprint density at radius 3 is 2.44 bits per heavy atom. The summed E-state index contributed by atoms with van der Waals surface area (Å²) in [5.74, 6) is -0.0822. The van der Waals surface area contributed by atoms with Gasteiger partial charge in [-0.2, -0.15) is 0 Å². The lowest BCUT2D eigenvalue weighted by atomic mass is 10.3. The van der Waals surface area contributed by atoms with Gasteiger partial charge in [0, 0.05) is 13.7 Å². The molecule has 0 saturated carbocycles. The van der Waals surface area contributed by atoms with Gasteiger partial charge in [-0.3, -0.25) is 4.79 Å². The highest BCUT2D eigenvalue weighted by Crippen LogP contribution is 2.23. The lowest BCUT2D eigenvalue weighted by molar-refractivity contribution is -0.116. The van der Waals surface area contributed by atoms with Crippen LogP contribution in [0.15, 0.2) is 12.7 Å². The van der Waals surface area contributed by atoms with E-state index in [0.29, 0.717) is 0 Å². The molecule has 0 aliphatic heterocycles. The van der Waals surface area contributed by atoms with Crippen LogP contribution in [0, 0.1) is 0 Å². The van der Waals surface area contributed by atoms with Crippen LogP contribution >= 0.6 is 0 Å². The van der Waals surface area contributed by atoms with Crippen LogP contribution in [0.3, 0.4) is 0 Å². The second-order valence-corrected chi connectivity index (χ2v) is 8.73. The average molecular weight is 243 g/mol. The number of carbonyl (C=O) groups is 1. The second kappa shape index (κ2) is 8.53. The van der Waals surface area contributed by atoms with E-state index in [2.05, 4.69) is 25.7 Å². The topological polar surface area (TPSA) is 38.3 Å². The van der Waals surface area contributed by atoms with Gasteiger partial charge in [0.1, 0.15) is 0 Å². The fourth-order valence-electron chi connectivity index (χ4n) is 1.85. The normalized spacial score (nSPS) is 11.2. The number of amides is 1. The van der Waals surface area contributed by atoms with Crippen molar-refractivity contribution in [1.82, 2.24) is 5.32 Å². The molecule has 0 heterocycles. The van der Waals surface area contributed by atoms with Crippen molar-refractivity contribution in [3.05, 3.63) is 12.7 Å². The largest absolute Gasteiger partial charge is 0.420 e. The van der Waals surface area contributed by atoms with Crippen molar-refractivity contribution in [1.29, 1.82) is 0 Å². The van der Waals surface area contributed by atoms with Crippen LogP contribution in [0.1, 0.15) is 26.7 Å². The van der Waals surface area contributed by atoms with Crippen molar-refractivity contribution in [2.24, 2.45) is 0 Å². The van der Waals surface area contributed by atoms with E-state index < -0.39 is 8.32 Å². The predicted octanol–water partition coefficient (Wildman–Crippen LogP) is 2.70. The van der Waals surface area contributed by atoms with Gasteiger partial charge in [-0.25, -0.2) is 0 Å². The molecule has 0 rings (SSSR count). The Morgan fingerprint density at radius 1 is 1.38 bits per heavy atom. The zero-order valence-electron chi connectivity index (χ0n) is 10.8. The first-order chi connectivity index (χ1) is 7.64. The van der Waals surface area contributed by atoms with E-state index >= 15 is 0 Å². The molecule has 0 saturated heterocycles. The number of hydrogen-bond acceptors (Lipinski definition) is 2. The molecule has 0 fully saturated rings. The summed E-state index contributed by atoms with van der Waals surface area (Å²) in [5, 5.41) is 2.79. The van der Waals surface area contributed by atoms with Gasteiger partial charge in [0.25, 0.3) is 0 Å². The first kappa shape index (κ1) is 15.4.